The quantitative estimate of drug-likeness (QED) is 0.485. The molecule has 2 heterocycles. The van der Waals surface area contributed by atoms with Crippen LogP contribution in [0.4, 0.5) is 0 Å². The molecule has 0 bridgehead atoms. The molecule has 0 spiro atoms. The number of hydrogen-bond acceptors (Lipinski definition) is 5. The predicted molar refractivity (Wildman–Crippen MR) is 131 cm³/mol. The van der Waals surface area contributed by atoms with Gasteiger partial charge in [0.05, 0.1) is 24.4 Å². The van der Waals surface area contributed by atoms with Crippen LogP contribution in [0.15, 0.2) is 65.8 Å². The molecule has 170 valence electrons. The SMILES string of the molecule is CSNCC(COC1CCC(c2ccccc2)CC1)n1cc(-n2cccn2)cc(C)c1=O. The molecule has 0 saturated heterocycles. The van der Waals surface area contributed by atoms with Gasteiger partial charge in [-0.25, -0.2) is 4.68 Å². The summed E-state index contributed by atoms with van der Waals surface area (Å²) in [7, 11) is 0. The molecule has 1 aliphatic carbocycles. The molecule has 1 fully saturated rings. The first-order chi connectivity index (χ1) is 15.7. The summed E-state index contributed by atoms with van der Waals surface area (Å²) in [6.45, 7) is 3.02. The Bertz CT molecular complexity index is 1030. The number of rotatable bonds is 9. The number of ether oxygens (including phenoxy) is 1. The maximum Gasteiger partial charge on any atom is 0.253 e. The Labute approximate surface area is 194 Å². The van der Waals surface area contributed by atoms with E-state index in [0.717, 1.165) is 31.4 Å². The molecule has 7 heteroatoms. The minimum atomic E-state index is -0.0870. The van der Waals surface area contributed by atoms with Crippen molar-refractivity contribution >= 4 is 11.9 Å². The molecule has 1 saturated carbocycles. The summed E-state index contributed by atoms with van der Waals surface area (Å²) in [5, 5.41) is 4.32. The van der Waals surface area contributed by atoms with E-state index in [0.29, 0.717) is 24.6 Å². The van der Waals surface area contributed by atoms with Gasteiger partial charge in [0.2, 0.25) is 0 Å². The summed E-state index contributed by atoms with van der Waals surface area (Å²) in [6, 6.07) is 14.5. The molecule has 1 unspecified atom stereocenters. The summed E-state index contributed by atoms with van der Waals surface area (Å²) < 4.78 is 13.3. The van der Waals surface area contributed by atoms with Crippen molar-refractivity contribution in [2.45, 2.75) is 50.7 Å². The Morgan fingerprint density at radius 1 is 1.19 bits per heavy atom. The van der Waals surface area contributed by atoms with E-state index in [1.807, 2.05) is 42.3 Å². The van der Waals surface area contributed by atoms with Crippen LogP contribution in [0, 0.1) is 6.92 Å². The van der Waals surface area contributed by atoms with E-state index in [-0.39, 0.29) is 17.7 Å². The van der Waals surface area contributed by atoms with Crippen molar-refractivity contribution in [1.29, 1.82) is 0 Å². The van der Waals surface area contributed by atoms with E-state index in [2.05, 4.69) is 40.2 Å². The lowest BCUT2D eigenvalue weighted by Gasteiger charge is -2.30. The molecule has 0 aliphatic heterocycles. The number of nitrogens with zero attached hydrogens (tertiary/aromatic N) is 3. The predicted octanol–water partition coefficient (Wildman–Crippen LogP) is 4.49. The van der Waals surface area contributed by atoms with Gasteiger partial charge >= 0.3 is 0 Å². The first-order valence-electron chi connectivity index (χ1n) is 11.3. The molecule has 3 aromatic rings. The van der Waals surface area contributed by atoms with Crippen LogP contribution in [0.25, 0.3) is 5.69 Å². The molecule has 1 aliphatic rings. The molecule has 1 aromatic carbocycles. The van der Waals surface area contributed by atoms with Gasteiger partial charge in [0, 0.05) is 30.7 Å². The summed E-state index contributed by atoms with van der Waals surface area (Å²) in [6.07, 6.45) is 12.2. The summed E-state index contributed by atoms with van der Waals surface area (Å²) in [5.41, 5.74) is 3.04. The second-order valence-corrected chi connectivity index (χ2v) is 9.17. The van der Waals surface area contributed by atoms with E-state index in [9.17, 15) is 4.79 Å². The first kappa shape index (κ1) is 22.8. The van der Waals surface area contributed by atoms with Gasteiger partial charge in [0.1, 0.15) is 0 Å². The third-order valence-electron chi connectivity index (χ3n) is 6.30. The number of hydrogen-bond donors (Lipinski definition) is 1. The van der Waals surface area contributed by atoms with Gasteiger partial charge in [0.15, 0.2) is 0 Å². The van der Waals surface area contributed by atoms with Crippen LogP contribution in [-0.2, 0) is 4.74 Å². The Morgan fingerprint density at radius 3 is 2.66 bits per heavy atom. The van der Waals surface area contributed by atoms with Gasteiger partial charge < -0.3 is 9.30 Å². The van der Waals surface area contributed by atoms with Crippen molar-refractivity contribution in [3.8, 4) is 5.69 Å². The van der Waals surface area contributed by atoms with Crippen molar-refractivity contribution < 1.29 is 4.74 Å². The Balaban J connectivity index is 1.44. The number of pyridine rings is 1. The first-order valence-corrected chi connectivity index (χ1v) is 12.5. The average molecular weight is 453 g/mol. The van der Waals surface area contributed by atoms with Crippen LogP contribution in [-0.4, -0.2) is 39.9 Å². The van der Waals surface area contributed by atoms with Crippen molar-refractivity contribution in [2.24, 2.45) is 0 Å². The standard InChI is InChI=1S/C25H32N4O2S/c1-19-15-22(29-14-6-13-26-29)17-28(25(19)30)23(16-27-32-2)18-31-24-11-9-21(10-12-24)20-7-4-3-5-8-20/h3-8,13-15,17,21,23-24,27H,9-12,16,18H2,1-2H3. The minimum Gasteiger partial charge on any atom is -0.376 e. The van der Waals surface area contributed by atoms with Gasteiger partial charge in [-0.3, -0.25) is 9.52 Å². The lowest BCUT2D eigenvalue weighted by molar-refractivity contribution is 0.00741. The highest BCUT2D eigenvalue weighted by Crippen LogP contribution is 2.34. The van der Waals surface area contributed by atoms with Crippen molar-refractivity contribution in [2.75, 3.05) is 19.4 Å². The highest BCUT2D eigenvalue weighted by Gasteiger charge is 2.24. The average Bonchev–Trinajstić information content (AvgIpc) is 3.37. The molecular formula is C25H32N4O2S. The maximum absolute atomic E-state index is 13.0. The largest absolute Gasteiger partial charge is 0.376 e. The zero-order valence-corrected chi connectivity index (χ0v) is 19.6. The van der Waals surface area contributed by atoms with Crippen LogP contribution in [0.2, 0.25) is 0 Å². The van der Waals surface area contributed by atoms with Gasteiger partial charge in [-0.05, 0) is 62.5 Å². The van der Waals surface area contributed by atoms with E-state index in [1.54, 1.807) is 22.8 Å². The maximum atomic E-state index is 13.0. The summed E-state index contributed by atoms with van der Waals surface area (Å²) >= 11 is 1.56. The molecule has 32 heavy (non-hydrogen) atoms. The molecular weight excluding hydrogens is 420 g/mol. The highest BCUT2D eigenvalue weighted by molar-refractivity contribution is 7.96. The van der Waals surface area contributed by atoms with E-state index < -0.39 is 0 Å². The van der Waals surface area contributed by atoms with Crippen molar-refractivity contribution in [1.82, 2.24) is 19.1 Å². The minimum absolute atomic E-state index is 0.0187. The fourth-order valence-electron chi connectivity index (χ4n) is 4.50. The second-order valence-electron chi connectivity index (χ2n) is 8.47. The molecule has 1 atom stereocenters. The summed E-state index contributed by atoms with van der Waals surface area (Å²) in [4.78, 5) is 13.0. The van der Waals surface area contributed by atoms with Gasteiger partial charge in [-0.2, -0.15) is 5.10 Å². The van der Waals surface area contributed by atoms with E-state index in [4.69, 9.17) is 4.74 Å². The second kappa shape index (κ2) is 11.0. The lowest BCUT2D eigenvalue weighted by Crippen LogP contribution is -2.35. The third kappa shape index (κ3) is 5.52. The zero-order chi connectivity index (χ0) is 22.3. The molecule has 2 aromatic heterocycles. The van der Waals surface area contributed by atoms with Crippen LogP contribution in [0.1, 0.15) is 48.8 Å². The van der Waals surface area contributed by atoms with Crippen molar-refractivity contribution in [3.05, 3.63) is 82.5 Å². The third-order valence-corrected chi connectivity index (χ3v) is 6.76. The fourth-order valence-corrected chi connectivity index (χ4v) is 4.86. The van der Waals surface area contributed by atoms with Crippen LogP contribution >= 0.6 is 11.9 Å². The van der Waals surface area contributed by atoms with Crippen LogP contribution in [0.3, 0.4) is 0 Å². The normalized spacial score (nSPS) is 19.7. The van der Waals surface area contributed by atoms with Gasteiger partial charge in [0.25, 0.3) is 5.56 Å². The molecule has 1 N–H and O–H groups in total. The van der Waals surface area contributed by atoms with Gasteiger partial charge in [-0.15, -0.1) is 0 Å². The molecule has 6 nitrogen and oxygen atoms in total. The molecule has 0 radical (unpaired) electrons. The number of benzene rings is 1. The Kier molecular flexibility index (Phi) is 7.84. The zero-order valence-electron chi connectivity index (χ0n) is 18.8. The fraction of sp³-hybridized carbons (Fsp3) is 0.440. The number of nitrogens with one attached hydrogen (secondary N) is 1. The topological polar surface area (TPSA) is 61.1 Å². The number of aromatic nitrogens is 3. The Hall–Kier alpha value is -2.35. The van der Waals surface area contributed by atoms with E-state index in [1.165, 1.54) is 5.56 Å². The van der Waals surface area contributed by atoms with E-state index >= 15 is 0 Å². The van der Waals surface area contributed by atoms with Crippen LogP contribution in [0.5, 0.6) is 0 Å². The Morgan fingerprint density at radius 2 is 1.97 bits per heavy atom. The monoisotopic (exact) mass is 452 g/mol. The van der Waals surface area contributed by atoms with Gasteiger partial charge in [-0.1, -0.05) is 42.3 Å². The highest BCUT2D eigenvalue weighted by atomic mass is 32.2. The number of aryl methyl sites for hydroxylation is 1. The molecule has 0 amide bonds. The molecule has 4 rings (SSSR count). The smallest absolute Gasteiger partial charge is 0.253 e. The lowest BCUT2D eigenvalue weighted by atomic mass is 9.83. The summed E-state index contributed by atoms with van der Waals surface area (Å²) in [5.74, 6) is 0.626. The van der Waals surface area contributed by atoms with Crippen LogP contribution < -0.4 is 10.3 Å². The van der Waals surface area contributed by atoms with Crippen molar-refractivity contribution in [3.63, 3.8) is 0 Å².